The zero-order valence-corrected chi connectivity index (χ0v) is 24.3. The van der Waals surface area contributed by atoms with Crippen LogP contribution in [0.4, 0.5) is 16.2 Å². The fraction of sp³-hybridized carbons (Fsp3) is 0.257. The molecule has 0 fully saturated rings. The maximum atomic E-state index is 13.4. The minimum Gasteiger partial charge on any atom is -0.494 e. The van der Waals surface area contributed by atoms with Crippen molar-refractivity contribution in [3.8, 4) is 17.2 Å². The fourth-order valence-electron chi connectivity index (χ4n) is 4.40. The van der Waals surface area contributed by atoms with Crippen LogP contribution in [-0.2, 0) is 6.42 Å². The van der Waals surface area contributed by atoms with Crippen molar-refractivity contribution in [2.24, 2.45) is 0 Å². The van der Waals surface area contributed by atoms with Gasteiger partial charge in [0.2, 0.25) is 0 Å². The van der Waals surface area contributed by atoms with Crippen molar-refractivity contribution in [2.75, 3.05) is 29.9 Å². The number of hydrogen-bond acceptors (Lipinski definition) is 4. The van der Waals surface area contributed by atoms with E-state index < -0.39 is 0 Å². The van der Waals surface area contributed by atoms with E-state index in [0.717, 1.165) is 30.8 Å². The molecule has 0 heterocycles. The van der Waals surface area contributed by atoms with Crippen LogP contribution in [0.15, 0.2) is 103 Å². The number of benzene rings is 4. The van der Waals surface area contributed by atoms with Crippen LogP contribution in [0, 0.1) is 0 Å². The Hall–Kier alpha value is -4.78. The lowest BCUT2D eigenvalue weighted by molar-refractivity contribution is 0.0953. The predicted octanol–water partition coefficient (Wildman–Crippen LogP) is 8.08. The summed E-state index contributed by atoms with van der Waals surface area (Å²) in [5.74, 6) is 2.03. The molecule has 2 N–H and O–H groups in total. The van der Waals surface area contributed by atoms with Gasteiger partial charge in [0, 0.05) is 30.0 Å². The van der Waals surface area contributed by atoms with Crippen LogP contribution < -0.4 is 25.0 Å². The van der Waals surface area contributed by atoms with Gasteiger partial charge in [0.1, 0.15) is 17.2 Å². The molecule has 0 bridgehead atoms. The number of para-hydroxylation sites is 1. The molecular weight excluding hydrogens is 526 g/mol. The van der Waals surface area contributed by atoms with Gasteiger partial charge in [-0.25, -0.2) is 4.79 Å². The number of carbonyl (C=O) groups is 2. The maximum absolute atomic E-state index is 13.4. The van der Waals surface area contributed by atoms with Gasteiger partial charge >= 0.3 is 6.03 Å². The van der Waals surface area contributed by atoms with Gasteiger partial charge in [-0.3, -0.25) is 9.69 Å². The first-order chi connectivity index (χ1) is 20.6. The average molecular weight is 566 g/mol. The topological polar surface area (TPSA) is 79.9 Å². The number of carbonyl (C=O) groups excluding carboxylic acids is 2. The first kappa shape index (κ1) is 30.2. The lowest BCUT2D eigenvalue weighted by Gasteiger charge is -2.24. The molecule has 3 amide bonds. The number of urea groups is 1. The Bertz CT molecular complexity index is 1390. The molecule has 0 spiro atoms. The van der Waals surface area contributed by atoms with Crippen LogP contribution in [0.5, 0.6) is 17.2 Å². The molecule has 4 aromatic rings. The number of rotatable bonds is 14. The number of nitrogens with zero attached hydrogens (tertiary/aromatic N) is 1. The van der Waals surface area contributed by atoms with Gasteiger partial charge in [0.25, 0.3) is 5.91 Å². The van der Waals surface area contributed by atoms with Crippen LogP contribution in [0.25, 0.3) is 0 Å². The van der Waals surface area contributed by atoms with Crippen molar-refractivity contribution < 1.29 is 19.1 Å². The predicted molar refractivity (Wildman–Crippen MR) is 169 cm³/mol. The third-order valence-electron chi connectivity index (χ3n) is 6.67. The molecule has 7 heteroatoms. The summed E-state index contributed by atoms with van der Waals surface area (Å²) < 4.78 is 11.4. The Morgan fingerprint density at radius 2 is 1.40 bits per heavy atom. The highest BCUT2D eigenvalue weighted by Gasteiger charge is 2.17. The Balaban J connectivity index is 1.39. The fourth-order valence-corrected chi connectivity index (χ4v) is 4.40. The van der Waals surface area contributed by atoms with E-state index in [1.54, 1.807) is 4.90 Å². The van der Waals surface area contributed by atoms with E-state index in [2.05, 4.69) is 17.6 Å². The Morgan fingerprint density at radius 1 is 0.738 bits per heavy atom. The van der Waals surface area contributed by atoms with Gasteiger partial charge in [0.15, 0.2) is 0 Å². The lowest BCUT2D eigenvalue weighted by atomic mass is 10.1. The molecule has 0 aliphatic rings. The second kappa shape index (κ2) is 15.9. The minimum absolute atomic E-state index is 0.121. The van der Waals surface area contributed by atoms with Crippen LogP contribution in [0.3, 0.4) is 0 Å². The average Bonchev–Trinajstić information content (AvgIpc) is 3.02. The summed E-state index contributed by atoms with van der Waals surface area (Å²) in [5.41, 5.74) is 3.25. The molecule has 42 heavy (non-hydrogen) atoms. The summed E-state index contributed by atoms with van der Waals surface area (Å²) in [4.78, 5) is 27.8. The third kappa shape index (κ3) is 9.13. The van der Waals surface area contributed by atoms with Crippen molar-refractivity contribution in [3.05, 3.63) is 114 Å². The monoisotopic (exact) mass is 565 g/mol. The lowest BCUT2D eigenvalue weighted by Crippen LogP contribution is -2.37. The summed E-state index contributed by atoms with van der Waals surface area (Å²) in [6, 6.07) is 31.7. The minimum atomic E-state index is -0.273. The maximum Gasteiger partial charge on any atom is 0.326 e. The van der Waals surface area contributed by atoms with Crippen molar-refractivity contribution in [1.29, 1.82) is 0 Å². The number of amides is 3. The summed E-state index contributed by atoms with van der Waals surface area (Å²) >= 11 is 0. The van der Waals surface area contributed by atoms with E-state index in [9.17, 15) is 9.59 Å². The summed E-state index contributed by atoms with van der Waals surface area (Å²) in [7, 11) is 0. The van der Waals surface area contributed by atoms with Gasteiger partial charge in [0.05, 0.1) is 6.61 Å². The smallest absolute Gasteiger partial charge is 0.326 e. The highest BCUT2D eigenvalue weighted by molar-refractivity contribution is 6.01. The molecule has 4 rings (SSSR count). The molecule has 0 atom stereocenters. The highest BCUT2D eigenvalue weighted by Crippen LogP contribution is 2.25. The molecule has 0 saturated carbocycles. The zero-order chi connectivity index (χ0) is 29.6. The van der Waals surface area contributed by atoms with E-state index in [-0.39, 0.29) is 11.9 Å². The van der Waals surface area contributed by atoms with Crippen molar-refractivity contribution in [1.82, 2.24) is 5.32 Å². The Kier molecular flexibility index (Phi) is 11.4. The normalized spacial score (nSPS) is 10.5. The van der Waals surface area contributed by atoms with Crippen LogP contribution in [-0.4, -0.2) is 31.6 Å². The highest BCUT2D eigenvalue weighted by atomic mass is 16.5. The number of aryl methyl sites for hydroxylation is 1. The van der Waals surface area contributed by atoms with Crippen LogP contribution in [0.1, 0.15) is 49.0 Å². The van der Waals surface area contributed by atoms with E-state index in [1.165, 1.54) is 5.56 Å². The van der Waals surface area contributed by atoms with Crippen molar-refractivity contribution in [2.45, 2.75) is 39.5 Å². The molecule has 0 radical (unpaired) electrons. The molecule has 218 valence electrons. The second-order valence-electron chi connectivity index (χ2n) is 9.86. The molecule has 0 aliphatic heterocycles. The Labute approximate surface area is 248 Å². The number of unbranched alkanes of at least 4 members (excludes halogenated alkanes) is 1. The number of hydrogen-bond donors (Lipinski definition) is 2. The van der Waals surface area contributed by atoms with E-state index in [4.69, 9.17) is 9.47 Å². The van der Waals surface area contributed by atoms with Crippen molar-refractivity contribution >= 4 is 23.3 Å². The first-order valence-electron chi connectivity index (χ1n) is 14.6. The van der Waals surface area contributed by atoms with Crippen LogP contribution in [0.2, 0.25) is 0 Å². The molecule has 0 unspecified atom stereocenters. The van der Waals surface area contributed by atoms with E-state index >= 15 is 0 Å². The van der Waals surface area contributed by atoms with Crippen molar-refractivity contribution in [3.63, 3.8) is 0 Å². The molecule has 0 saturated heterocycles. The largest absolute Gasteiger partial charge is 0.494 e. The summed E-state index contributed by atoms with van der Waals surface area (Å²) in [5, 5.41) is 5.95. The van der Waals surface area contributed by atoms with Gasteiger partial charge in [-0.15, -0.1) is 0 Å². The number of anilines is 2. The third-order valence-corrected chi connectivity index (χ3v) is 6.67. The molecular formula is C35H39N3O4. The van der Waals surface area contributed by atoms with Gasteiger partial charge in [-0.1, -0.05) is 43.7 Å². The van der Waals surface area contributed by atoms with Crippen LogP contribution >= 0.6 is 0 Å². The summed E-state index contributed by atoms with van der Waals surface area (Å²) in [6.45, 7) is 5.50. The molecule has 4 aromatic carbocycles. The second-order valence-corrected chi connectivity index (χ2v) is 9.86. The quantitative estimate of drug-likeness (QED) is 0.152. The summed E-state index contributed by atoms with van der Waals surface area (Å²) in [6.07, 6.45) is 3.87. The van der Waals surface area contributed by atoms with E-state index in [1.807, 2.05) is 110 Å². The van der Waals surface area contributed by atoms with Gasteiger partial charge in [-0.2, -0.15) is 0 Å². The first-order valence-corrected chi connectivity index (χ1v) is 14.6. The molecule has 0 aliphatic carbocycles. The number of ether oxygens (including phenoxy) is 2. The zero-order valence-electron chi connectivity index (χ0n) is 24.3. The standard InChI is InChI=1S/C35H39N3O4/c1-3-5-10-27-13-15-28(16-14-27)34(39)36-25-9-26-38(35(40)37-29-17-21-31(22-18-29)41-4-2)30-19-23-33(24-20-30)42-32-11-7-6-8-12-32/h6-8,11-24H,3-5,9-10,25-26H2,1-2H3,(H,36,39)(H,37,40). The molecule has 0 aromatic heterocycles. The Morgan fingerprint density at radius 3 is 2.07 bits per heavy atom. The molecule has 7 nitrogen and oxygen atoms in total. The number of nitrogens with one attached hydrogen (secondary N) is 2. The van der Waals surface area contributed by atoms with E-state index in [0.29, 0.717) is 48.8 Å². The van der Waals surface area contributed by atoms with Gasteiger partial charge < -0.3 is 20.1 Å². The SMILES string of the molecule is CCCCc1ccc(C(=O)NCCCN(C(=O)Nc2ccc(OCC)cc2)c2ccc(Oc3ccccc3)cc2)cc1. The van der Waals surface area contributed by atoms with Gasteiger partial charge in [-0.05, 0) is 105 Å².